The minimum absolute atomic E-state index is 0. The van der Waals surface area contributed by atoms with Gasteiger partial charge in [0.25, 0.3) is 0 Å². The molecule has 3 heterocycles. The number of likely N-dealkylation sites (tertiary alicyclic amines) is 1. The molecule has 6 rings (SSSR count). The summed E-state index contributed by atoms with van der Waals surface area (Å²) in [5, 5.41) is 0. The van der Waals surface area contributed by atoms with Crippen molar-refractivity contribution in [3.8, 4) is 22.5 Å². The molecule has 9 heteroatoms. The van der Waals surface area contributed by atoms with E-state index in [1.807, 2.05) is 18.3 Å². The molecular formula is C39H43Cl3F2N4. The number of hydrogen-bond acceptors (Lipinski definition) is 4. The van der Waals surface area contributed by atoms with Gasteiger partial charge in [-0.2, -0.15) is 0 Å². The molecule has 254 valence electrons. The maximum absolute atomic E-state index is 14.0. The largest absolute Gasteiger partial charge is 0.364 e. The van der Waals surface area contributed by atoms with Crippen LogP contribution in [0, 0.1) is 39.3 Å². The van der Waals surface area contributed by atoms with E-state index in [1.165, 1.54) is 45.1 Å². The molecule has 0 radical (unpaired) electrons. The molecule has 4 nitrogen and oxygen atoms in total. The Balaban J connectivity index is 0.00000208. The number of rotatable bonds is 8. The first-order valence-corrected chi connectivity index (χ1v) is 15.7. The Morgan fingerprint density at radius 2 is 1.25 bits per heavy atom. The predicted octanol–water partition coefficient (Wildman–Crippen LogP) is 10.3. The van der Waals surface area contributed by atoms with Crippen LogP contribution in [0.1, 0.15) is 46.2 Å². The minimum atomic E-state index is -0.865. The van der Waals surface area contributed by atoms with Gasteiger partial charge in [-0.25, -0.2) is 8.78 Å². The van der Waals surface area contributed by atoms with Gasteiger partial charge in [-0.1, -0.05) is 17.7 Å². The molecule has 0 aliphatic carbocycles. The Bertz CT molecular complexity index is 1790. The summed E-state index contributed by atoms with van der Waals surface area (Å²) in [6.45, 7) is 12.2. The van der Waals surface area contributed by atoms with Crippen molar-refractivity contribution in [2.24, 2.45) is 0 Å². The van der Waals surface area contributed by atoms with Crippen LogP contribution in [0.15, 0.2) is 91.3 Å². The average molecular weight is 712 g/mol. The molecule has 2 aromatic heterocycles. The first-order valence-electron chi connectivity index (χ1n) is 15.7. The number of benzene rings is 3. The number of halogens is 5. The van der Waals surface area contributed by atoms with Crippen molar-refractivity contribution >= 4 is 42.9 Å². The first-order chi connectivity index (χ1) is 21.7. The number of anilines is 1. The number of aromatic nitrogens is 2. The molecule has 5 aromatic rings. The number of hydrogen-bond donors (Lipinski definition) is 0. The Labute approximate surface area is 301 Å². The molecule has 48 heavy (non-hydrogen) atoms. The summed E-state index contributed by atoms with van der Waals surface area (Å²) in [7, 11) is 0. The van der Waals surface area contributed by atoms with Gasteiger partial charge in [0.15, 0.2) is 11.6 Å². The third kappa shape index (κ3) is 9.12. The molecule has 0 saturated carbocycles. The number of piperidine rings is 1. The molecule has 0 unspecified atom stereocenters. The van der Waals surface area contributed by atoms with Crippen molar-refractivity contribution in [3.05, 3.63) is 136 Å². The van der Waals surface area contributed by atoms with Crippen LogP contribution < -0.4 is 4.90 Å². The van der Waals surface area contributed by atoms with Gasteiger partial charge >= 0.3 is 0 Å². The maximum atomic E-state index is 14.0. The van der Waals surface area contributed by atoms with E-state index in [0.717, 1.165) is 49.8 Å². The van der Waals surface area contributed by atoms with Crippen LogP contribution in [0.3, 0.4) is 0 Å². The topological polar surface area (TPSA) is 32.3 Å². The number of nitrogens with zero attached hydrogens (tertiary/aromatic N) is 4. The predicted molar refractivity (Wildman–Crippen MR) is 201 cm³/mol. The zero-order valence-electron chi connectivity index (χ0n) is 27.7. The van der Waals surface area contributed by atoms with E-state index in [-0.39, 0.29) is 37.2 Å². The van der Waals surface area contributed by atoms with Gasteiger partial charge in [-0.05, 0) is 135 Å². The summed E-state index contributed by atoms with van der Waals surface area (Å²) in [6.07, 6.45) is 5.78. The van der Waals surface area contributed by atoms with E-state index in [2.05, 4.69) is 91.0 Å². The lowest BCUT2D eigenvalue weighted by Gasteiger charge is -2.40. The molecule has 0 bridgehead atoms. The van der Waals surface area contributed by atoms with Crippen LogP contribution >= 0.6 is 37.2 Å². The van der Waals surface area contributed by atoms with Gasteiger partial charge in [0.2, 0.25) is 0 Å². The second kappa shape index (κ2) is 17.2. The van der Waals surface area contributed by atoms with Crippen LogP contribution in [0.4, 0.5) is 14.5 Å². The Morgan fingerprint density at radius 1 is 0.667 bits per heavy atom. The van der Waals surface area contributed by atoms with Gasteiger partial charge in [0, 0.05) is 61.4 Å². The number of pyridine rings is 2. The van der Waals surface area contributed by atoms with Gasteiger partial charge < -0.3 is 4.90 Å². The summed E-state index contributed by atoms with van der Waals surface area (Å²) in [5.41, 5.74) is 12.1. The monoisotopic (exact) mass is 710 g/mol. The van der Waals surface area contributed by atoms with Crippen LogP contribution in [-0.4, -0.2) is 34.0 Å². The summed E-state index contributed by atoms with van der Waals surface area (Å²) in [6, 6.07) is 25.9. The van der Waals surface area contributed by atoms with E-state index in [0.29, 0.717) is 23.8 Å². The van der Waals surface area contributed by atoms with Crippen LogP contribution in [0.2, 0.25) is 0 Å². The van der Waals surface area contributed by atoms with Gasteiger partial charge in [0.05, 0.1) is 11.4 Å². The highest BCUT2D eigenvalue weighted by atomic mass is 35.5. The van der Waals surface area contributed by atoms with Gasteiger partial charge in [0.1, 0.15) is 0 Å². The maximum Gasteiger partial charge on any atom is 0.159 e. The van der Waals surface area contributed by atoms with E-state index in [9.17, 15) is 8.78 Å². The van der Waals surface area contributed by atoms with E-state index < -0.39 is 11.6 Å². The molecule has 1 saturated heterocycles. The lowest BCUT2D eigenvalue weighted by molar-refractivity contribution is 0.201. The summed E-state index contributed by atoms with van der Waals surface area (Å²) in [4.78, 5) is 14.2. The smallest absolute Gasteiger partial charge is 0.159 e. The molecule has 3 aromatic carbocycles. The molecule has 1 aliphatic rings. The van der Waals surface area contributed by atoms with Crippen LogP contribution in [0.25, 0.3) is 22.5 Å². The average Bonchev–Trinajstić information content (AvgIpc) is 3.05. The van der Waals surface area contributed by atoms with Crippen molar-refractivity contribution in [2.45, 2.75) is 59.7 Å². The molecule has 1 aliphatic heterocycles. The van der Waals surface area contributed by atoms with Crippen LogP contribution in [0.5, 0.6) is 0 Å². The van der Waals surface area contributed by atoms with E-state index in [4.69, 9.17) is 4.98 Å². The van der Waals surface area contributed by atoms with Gasteiger partial charge in [-0.15, -0.1) is 37.2 Å². The third-order valence-corrected chi connectivity index (χ3v) is 9.21. The Morgan fingerprint density at radius 3 is 1.88 bits per heavy atom. The number of aryl methyl sites for hydroxylation is 3. The highest BCUT2D eigenvalue weighted by Crippen LogP contribution is 2.29. The molecule has 0 spiro atoms. The fourth-order valence-corrected chi connectivity index (χ4v) is 6.31. The standard InChI is InChI=1S/C39H40F2N4.3ClH/c1-26-5-8-34(9-6-26)45(25-31-12-16-42-38(22-31)32-7-10-36(40)37(41)23-32)35-13-17-44(18-14-35)24-30-11-15-43-39(21-30)33-19-27(2)29(4)28(3)20-33;;;/h5-12,15-16,19-23,35H,13-14,17-18,24-25H2,1-4H3;3*1H. The van der Waals surface area contributed by atoms with Crippen molar-refractivity contribution < 1.29 is 8.78 Å². The third-order valence-electron chi connectivity index (χ3n) is 9.21. The van der Waals surface area contributed by atoms with Crippen molar-refractivity contribution in [2.75, 3.05) is 18.0 Å². The summed E-state index contributed by atoms with van der Waals surface area (Å²) < 4.78 is 27.5. The Kier molecular flexibility index (Phi) is 13.9. The molecule has 0 N–H and O–H groups in total. The quantitative estimate of drug-likeness (QED) is 0.160. The van der Waals surface area contributed by atoms with Crippen molar-refractivity contribution in [1.82, 2.24) is 14.9 Å². The van der Waals surface area contributed by atoms with Crippen LogP contribution in [-0.2, 0) is 13.1 Å². The SMILES string of the molecule is Cc1ccc(N(Cc2ccnc(-c3ccc(F)c(F)c3)c2)C2CCN(Cc3ccnc(-c4cc(C)c(C)c(C)c4)c3)CC2)cc1.Cl.Cl.Cl. The normalized spacial score (nSPS) is 13.2. The second-order valence-electron chi connectivity index (χ2n) is 12.4. The van der Waals surface area contributed by atoms with E-state index in [1.54, 1.807) is 12.3 Å². The molecule has 0 amide bonds. The molecule has 0 atom stereocenters. The van der Waals surface area contributed by atoms with Crippen molar-refractivity contribution in [3.63, 3.8) is 0 Å². The zero-order chi connectivity index (χ0) is 31.5. The zero-order valence-corrected chi connectivity index (χ0v) is 30.2. The molecular weight excluding hydrogens is 669 g/mol. The Hall–Kier alpha value is -3.55. The summed E-state index contributed by atoms with van der Waals surface area (Å²) >= 11 is 0. The van der Waals surface area contributed by atoms with E-state index >= 15 is 0 Å². The second-order valence-corrected chi connectivity index (χ2v) is 12.4. The summed E-state index contributed by atoms with van der Waals surface area (Å²) in [5.74, 6) is -1.72. The molecule has 1 fully saturated rings. The fraction of sp³-hybridized carbons (Fsp3) is 0.282. The highest BCUT2D eigenvalue weighted by molar-refractivity contribution is 5.86. The minimum Gasteiger partial charge on any atom is -0.364 e. The highest BCUT2D eigenvalue weighted by Gasteiger charge is 2.26. The fourth-order valence-electron chi connectivity index (χ4n) is 6.31. The first kappa shape index (κ1) is 38.9. The van der Waals surface area contributed by atoms with Gasteiger partial charge in [-0.3, -0.25) is 14.9 Å². The lowest BCUT2D eigenvalue weighted by atomic mass is 9.98. The lowest BCUT2D eigenvalue weighted by Crippen LogP contribution is -2.44. The van der Waals surface area contributed by atoms with Crippen molar-refractivity contribution in [1.29, 1.82) is 0 Å².